The van der Waals surface area contributed by atoms with Crippen molar-refractivity contribution in [2.75, 3.05) is 0 Å². The SMILES string of the molecule is CC1(C)CC(=O)C/C(=N/NC(=O)c2ccccc2I)C1. The number of hydrogen-bond donors (Lipinski definition) is 1. The van der Waals surface area contributed by atoms with Gasteiger partial charge in [-0.1, -0.05) is 26.0 Å². The summed E-state index contributed by atoms with van der Waals surface area (Å²) in [6, 6.07) is 7.33. The zero-order chi connectivity index (χ0) is 14.8. The largest absolute Gasteiger partial charge is 0.299 e. The average molecular weight is 384 g/mol. The lowest BCUT2D eigenvalue weighted by atomic mass is 9.76. The first-order valence-corrected chi connectivity index (χ1v) is 7.57. The molecule has 1 aliphatic rings. The molecule has 20 heavy (non-hydrogen) atoms. The Hall–Kier alpha value is -1.24. The number of halogens is 1. The van der Waals surface area contributed by atoms with Crippen LogP contribution in [-0.4, -0.2) is 17.4 Å². The minimum Gasteiger partial charge on any atom is -0.299 e. The first-order valence-electron chi connectivity index (χ1n) is 6.49. The highest BCUT2D eigenvalue weighted by Crippen LogP contribution is 2.31. The standard InChI is InChI=1S/C15H17IN2O2/c1-15(2)8-10(7-11(19)9-15)17-18-14(20)12-5-3-4-6-13(12)16/h3-6H,7-9H2,1-2H3,(H,18,20)/b17-10-. The number of hydrazone groups is 1. The van der Waals surface area contributed by atoms with Crippen molar-refractivity contribution in [2.45, 2.75) is 33.1 Å². The maximum absolute atomic E-state index is 12.0. The Labute approximate surface area is 132 Å². The van der Waals surface area contributed by atoms with Crippen LogP contribution in [-0.2, 0) is 4.79 Å². The van der Waals surface area contributed by atoms with Crippen molar-refractivity contribution in [3.05, 3.63) is 33.4 Å². The highest BCUT2D eigenvalue weighted by Gasteiger charge is 2.30. The topological polar surface area (TPSA) is 58.5 Å². The second-order valence-electron chi connectivity index (χ2n) is 5.83. The molecule has 1 N–H and O–H groups in total. The third-order valence-electron chi connectivity index (χ3n) is 3.19. The van der Waals surface area contributed by atoms with Gasteiger partial charge in [0.25, 0.3) is 5.91 Å². The van der Waals surface area contributed by atoms with E-state index in [1.54, 1.807) is 6.07 Å². The number of carbonyl (C=O) groups excluding carboxylic acids is 2. The molecule has 2 rings (SSSR count). The van der Waals surface area contributed by atoms with Crippen LogP contribution >= 0.6 is 22.6 Å². The van der Waals surface area contributed by atoms with Crippen LogP contribution in [0.15, 0.2) is 29.4 Å². The van der Waals surface area contributed by atoms with Gasteiger partial charge in [-0.05, 0) is 46.6 Å². The van der Waals surface area contributed by atoms with Crippen LogP contribution in [0.2, 0.25) is 0 Å². The first-order chi connectivity index (χ1) is 9.37. The summed E-state index contributed by atoms with van der Waals surface area (Å²) in [4.78, 5) is 23.7. The predicted molar refractivity (Wildman–Crippen MR) is 86.7 cm³/mol. The molecule has 1 fully saturated rings. The maximum atomic E-state index is 12.0. The third-order valence-corrected chi connectivity index (χ3v) is 4.13. The molecule has 0 heterocycles. The predicted octanol–water partition coefficient (Wildman–Crippen LogP) is 3.16. The number of ketones is 1. The van der Waals surface area contributed by atoms with Gasteiger partial charge >= 0.3 is 0 Å². The molecule has 0 aromatic heterocycles. The summed E-state index contributed by atoms with van der Waals surface area (Å²) < 4.78 is 0.878. The van der Waals surface area contributed by atoms with E-state index in [0.29, 0.717) is 18.4 Å². The van der Waals surface area contributed by atoms with Crippen LogP contribution in [0.25, 0.3) is 0 Å². The van der Waals surface area contributed by atoms with Gasteiger partial charge in [0.2, 0.25) is 0 Å². The molecule has 1 aromatic carbocycles. The zero-order valence-corrected chi connectivity index (χ0v) is 13.7. The summed E-state index contributed by atoms with van der Waals surface area (Å²) in [6.45, 7) is 4.09. The molecule has 1 aliphatic carbocycles. The van der Waals surface area contributed by atoms with E-state index in [4.69, 9.17) is 0 Å². The average Bonchev–Trinajstić information content (AvgIpc) is 2.34. The van der Waals surface area contributed by atoms with Crippen molar-refractivity contribution in [3.8, 4) is 0 Å². The Morgan fingerprint density at radius 3 is 2.65 bits per heavy atom. The fourth-order valence-corrected chi connectivity index (χ4v) is 3.05. The number of nitrogens with one attached hydrogen (secondary N) is 1. The van der Waals surface area contributed by atoms with Gasteiger partial charge in [-0.3, -0.25) is 9.59 Å². The van der Waals surface area contributed by atoms with E-state index in [0.717, 1.165) is 15.7 Å². The van der Waals surface area contributed by atoms with Gasteiger partial charge in [0, 0.05) is 22.1 Å². The number of hydrogen-bond acceptors (Lipinski definition) is 3. The molecule has 4 nitrogen and oxygen atoms in total. The Morgan fingerprint density at radius 2 is 2.00 bits per heavy atom. The van der Waals surface area contributed by atoms with E-state index in [9.17, 15) is 9.59 Å². The highest BCUT2D eigenvalue weighted by atomic mass is 127. The van der Waals surface area contributed by atoms with Gasteiger partial charge in [-0.2, -0.15) is 5.10 Å². The van der Waals surface area contributed by atoms with Crippen LogP contribution in [0, 0.1) is 8.99 Å². The van der Waals surface area contributed by atoms with Crippen molar-refractivity contribution in [1.29, 1.82) is 0 Å². The van der Waals surface area contributed by atoms with Crippen LogP contribution in [0.4, 0.5) is 0 Å². The highest BCUT2D eigenvalue weighted by molar-refractivity contribution is 14.1. The number of carbonyl (C=O) groups is 2. The van der Waals surface area contributed by atoms with Crippen molar-refractivity contribution < 1.29 is 9.59 Å². The second kappa shape index (κ2) is 6.03. The quantitative estimate of drug-likeness (QED) is 0.629. The minimum atomic E-state index is -0.238. The van der Waals surface area contributed by atoms with E-state index in [2.05, 4.69) is 33.1 Å². The molecule has 0 unspecified atom stereocenters. The number of amides is 1. The number of Topliss-reactive ketones (excluding diaryl/α,β-unsaturated/α-hetero) is 1. The van der Waals surface area contributed by atoms with E-state index in [1.165, 1.54) is 0 Å². The van der Waals surface area contributed by atoms with Crippen LogP contribution in [0.1, 0.15) is 43.5 Å². The monoisotopic (exact) mass is 384 g/mol. The van der Waals surface area contributed by atoms with Gasteiger partial charge in [0.1, 0.15) is 5.78 Å². The lowest BCUT2D eigenvalue weighted by Gasteiger charge is -2.29. The smallest absolute Gasteiger partial charge is 0.272 e. The molecule has 0 saturated heterocycles. The van der Waals surface area contributed by atoms with Crippen molar-refractivity contribution in [1.82, 2.24) is 5.43 Å². The molecule has 0 atom stereocenters. The molecule has 5 heteroatoms. The Bertz CT molecular complexity index is 579. The third kappa shape index (κ3) is 3.88. The molecule has 1 saturated carbocycles. The molecule has 0 spiro atoms. The number of benzene rings is 1. The summed E-state index contributed by atoms with van der Waals surface area (Å²) >= 11 is 2.12. The summed E-state index contributed by atoms with van der Waals surface area (Å²) in [7, 11) is 0. The summed E-state index contributed by atoms with van der Waals surface area (Å²) in [5, 5.41) is 4.14. The Balaban J connectivity index is 2.08. The summed E-state index contributed by atoms with van der Waals surface area (Å²) in [5.41, 5.74) is 3.84. The van der Waals surface area contributed by atoms with Crippen molar-refractivity contribution in [2.24, 2.45) is 10.5 Å². The van der Waals surface area contributed by atoms with E-state index in [1.807, 2.05) is 32.0 Å². The van der Waals surface area contributed by atoms with Gasteiger partial charge < -0.3 is 0 Å². The van der Waals surface area contributed by atoms with Crippen molar-refractivity contribution in [3.63, 3.8) is 0 Å². The van der Waals surface area contributed by atoms with E-state index >= 15 is 0 Å². The zero-order valence-electron chi connectivity index (χ0n) is 11.6. The molecule has 1 amide bonds. The first kappa shape index (κ1) is 15.2. The fraction of sp³-hybridized carbons (Fsp3) is 0.400. The molecular formula is C15H17IN2O2. The molecule has 106 valence electrons. The van der Waals surface area contributed by atoms with Crippen LogP contribution in [0.5, 0.6) is 0 Å². The Morgan fingerprint density at radius 1 is 1.30 bits per heavy atom. The van der Waals surface area contributed by atoms with Gasteiger partial charge in [-0.25, -0.2) is 5.43 Å². The number of nitrogens with zero attached hydrogens (tertiary/aromatic N) is 1. The lowest BCUT2D eigenvalue weighted by molar-refractivity contribution is -0.120. The van der Waals surface area contributed by atoms with Crippen molar-refractivity contribution >= 4 is 40.0 Å². The van der Waals surface area contributed by atoms with Crippen LogP contribution in [0.3, 0.4) is 0 Å². The minimum absolute atomic E-state index is 0.0694. The summed E-state index contributed by atoms with van der Waals surface area (Å²) in [6.07, 6.45) is 1.66. The second-order valence-corrected chi connectivity index (χ2v) is 6.99. The maximum Gasteiger partial charge on any atom is 0.272 e. The summed E-state index contributed by atoms with van der Waals surface area (Å²) in [5.74, 6) is -0.0538. The molecular weight excluding hydrogens is 367 g/mol. The van der Waals surface area contributed by atoms with Crippen LogP contribution < -0.4 is 5.43 Å². The molecule has 0 radical (unpaired) electrons. The lowest BCUT2D eigenvalue weighted by Crippen LogP contribution is -2.31. The number of rotatable bonds is 2. The fourth-order valence-electron chi connectivity index (χ4n) is 2.42. The molecule has 1 aromatic rings. The normalized spacial score (nSPS) is 19.9. The Kier molecular flexibility index (Phi) is 4.57. The van der Waals surface area contributed by atoms with Gasteiger partial charge in [-0.15, -0.1) is 0 Å². The molecule has 0 aliphatic heterocycles. The molecule has 0 bridgehead atoms. The van der Waals surface area contributed by atoms with Gasteiger partial charge in [0.15, 0.2) is 0 Å². The van der Waals surface area contributed by atoms with E-state index in [-0.39, 0.29) is 17.1 Å². The van der Waals surface area contributed by atoms with Gasteiger partial charge in [0.05, 0.1) is 5.56 Å². The van der Waals surface area contributed by atoms with E-state index < -0.39 is 0 Å².